The molecule has 0 aliphatic heterocycles. The van der Waals surface area contributed by atoms with Crippen molar-refractivity contribution in [3.05, 3.63) is 34.6 Å². The summed E-state index contributed by atoms with van der Waals surface area (Å²) in [6.45, 7) is 4.55. The topological polar surface area (TPSA) is 29.1 Å². The molecule has 0 bridgehead atoms. The standard InChI is InChI=1S/C13H15ClFNO/c1-13(2)6-9(13)12(17)16-7-8-3-4-11(15)10(14)5-8/h3-5,9H,6-7H2,1-2H3,(H,16,17). The highest BCUT2D eigenvalue weighted by molar-refractivity contribution is 6.30. The second kappa shape index (κ2) is 4.30. The molecule has 0 aromatic heterocycles. The molecule has 17 heavy (non-hydrogen) atoms. The van der Waals surface area contributed by atoms with Crippen LogP contribution in [0.15, 0.2) is 18.2 Å². The zero-order valence-corrected chi connectivity index (χ0v) is 10.6. The normalized spacial score (nSPS) is 21.1. The van der Waals surface area contributed by atoms with Crippen molar-refractivity contribution < 1.29 is 9.18 Å². The van der Waals surface area contributed by atoms with E-state index in [1.54, 1.807) is 6.07 Å². The molecule has 4 heteroatoms. The van der Waals surface area contributed by atoms with Gasteiger partial charge in [-0.25, -0.2) is 4.39 Å². The van der Waals surface area contributed by atoms with Gasteiger partial charge in [-0.05, 0) is 29.5 Å². The molecule has 1 aliphatic carbocycles. The van der Waals surface area contributed by atoms with Gasteiger partial charge >= 0.3 is 0 Å². The van der Waals surface area contributed by atoms with Gasteiger partial charge in [0.1, 0.15) is 5.82 Å². The zero-order valence-electron chi connectivity index (χ0n) is 9.89. The molecule has 1 unspecified atom stereocenters. The molecule has 92 valence electrons. The van der Waals surface area contributed by atoms with E-state index in [2.05, 4.69) is 19.2 Å². The van der Waals surface area contributed by atoms with Crippen molar-refractivity contribution in [1.29, 1.82) is 0 Å². The van der Waals surface area contributed by atoms with Crippen LogP contribution in [-0.2, 0) is 11.3 Å². The van der Waals surface area contributed by atoms with Crippen molar-refractivity contribution in [3.63, 3.8) is 0 Å². The molecule has 1 fully saturated rings. The van der Waals surface area contributed by atoms with Gasteiger partial charge in [-0.3, -0.25) is 4.79 Å². The molecular weight excluding hydrogens is 241 g/mol. The van der Waals surface area contributed by atoms with Crippen LogP contribution < -0.4 is 5.32 Å². The summed E-state index contributed by atoms with van der Waals surface area (Å²) in [6.07, 6.45) is 0.934. The number of hydrogen-bond donors (Lipinski definition) is 1. The monoisotopic (exact) mass is 255 g/mol. The molecule has 1 amide bonds. The fourth-order valence-electron chi connectivity index (χ4n) is 1.88. The summed E-state index contributed by atoms with van der Waals surface area (Å²) in [5, 5.41) is 2.93. The molecule has 1 aromatic rings. The summed E-state index contributed by atoms with van der Waals surface area (Å²) in [4.78, 5) is 11.7. The highest BCUT2D eigenvalue weighted by atomic mass is 35.5. The van der Waals surface area contributed by atoms with Gasteiger partial charge in [-0.2, -0.15) is 0 Å². The summed E-state index contributed by atoms with van der Waals surface area (Å²) in [5.41, 5.74) is 0.938. The molecule has 1 saturated carbocycles. The molecule has 1 aliphatic rings. The molecule has 2 nitrogen and oxygen atoms in total. The van der Waals surface area contributed by atoms with Gasteiger partial charge < -0.3 is 5.32 Å². The van der Waals surface area contributed by atoms with Gasteiger partial charge in [0.05, 0.1) is 5.02 Å². The third kappa shape index (κ3) is 2.78. The van der Waals surface area contributed by atoms with Crippen LogP contribution in [0.1, 0.15) is 25.8 Å². The number of amides is 1. The van der Waals surface area contributed by atoms with Crippen molar-refractivity contribution in [2.75, 3.05) is 0 Å². The van der Waals surface area contributed by atoms with Crippen LogP contribution in [0.3, 0.4) is 0 Å². The number of rotatable bonds is 3. The van der Waals surface area contributed by atoms with Crippen molar-refractivity contribution in [2.45, 2.75) is 26.8 Å². The van der Waals surface area contributed by atoms with Gasteiger partial charge in [-0.1, -0.05) is 31.5 Å². The molecule has 2 rings (SSSR count). The number of nitrogens with one attached hydrogen (secondary N) is 1. The minimum absolute atomic E-state index is 0.0652. The van der Waals surface area contributed by atoms with Crippen LogP contribution in [0.25, 0.3) is 0 Å². The molecule has 0 heterocycles. The Balaban J connectivity index is 1.90. The number of carbonyl (C=O) groups excluding carboxylic acids is 1. The second-order valence-corrected chi connectivity index (χ2v) is 5.62. The number of hydrogen-bond acceptors (Lipinski definition) is 1. The summed E-state index contributed by atoms with van der Waals surface area (Å²) in [6, 6.07) is 4.47. The van der Waals surface area contributed by atoms with E-state index in [1.165, 1.54) is 12.1 Å². The van der Waals surface area contributed by atoms with Crippen molar-refractivity contribution in [1.82, 2.24) is 5.32 Å². The molecule has 1 aromatic carbocycles. The summed E-state index contributed by atoms with van der Waals surface area (Å²) in [7, 11) is 0. The molecule has 0 saturated heterocycles. The molecule has 0 spiro atoms. The van der Waals surface area contributed by atoms with Crippen molar-refractivity contribution in [2.24, 2.45) is 11.3 Å². The first-order valence-electron chi connectivity index (χ1n) is 5.62. The quantitative estimate of drug-likeness (QED) is 0.883. The average molecular weight is 256 g/mol. The lowest BCUT2D eigenvalue weighted by molar-refractivity contribution is -0.123. The lowest BCUT2D eigenvalue weighted by atomic mass is 10.1. The van der Waals surface area contributed by atoms with E-state index >= 15 is 0 Å². The molecular formula is C13H15ClFNO. The first-order chi connectivity index (χ1) is 7.90. The smallest absolute Gasteiger partial charge is 0.223 e. The summed E-state index contributed by atoms with van der Waals surface area (Å²) >= 11 is 5.66. The van der Waals surface area contributed by atoms with E-state index in [-0.39, 0.29) is 22.3 Å². The Morgan fingerprint density at radius 1 is 1.59 bits per heavy atom. The fourth-order valence-corrected chi connectivity index (χ4v) is 2.08. The lowest BCUT2D eigenvalue weighted by Crippen LogP contribution is -2.26. The predicted molar refractivity (Wildman–Crippen MR) is 65.1 cm³/mol. The van der Waals surface area contributed by atoms with Crippen LogP contribution in [-0.4, -0.2) is 5.91 Å². The van der Waals surface area contributed by atoms with E-state index in [1.807, 2.05) is 0 Å². The molecule has 1 atom stereocenters. The zero-order chi connectivity index (χ0) is 12.6. The second-order valence-electron chi connectivity index (χ2n) is 5.21. The van der Waals surface area contributed by atoms with Crippen molar-refractivity contribution >= 4 is 17.5 Å². The Hall–Kier alpha value is -1.09. The largest absolute Gasteiger partial charge is 0.352 e. The van der Waals surface area contributed by atoms with Gasteiger partial charge in [0.15, 0.2) is 0 Å². The Labute approximate surface area is 105 Å². The SMILES string of the molecule is CC1(C)CC1C(=O)NCc1ccc(F)c(Cl)c1. The van der Waals surface area contributed by atoms with Gasteiger partial charge in [-0.15, -0.1) is 0 Å². The van der Waals surface area contributed by atoms with E-state index < -0.39 is 5.82 Å². The fraction of sp³-hybridized carbons (Fsp3) is 0.462. The van der Waals surface area contributed by atoms with Crippen molar-refractivity contribution in [3.8, 4) is 0 Å². The third-order valence-corrected chi connectivity index (χ3v) is 3.57. The van der Waals surface area contributed by atoms with Crippen LogP contribution in [0, 0.1) is 17.2 Å². The Morgan fingerprint density at radius 3 is 2.76 bits per heavy atom. The van der Waals surface area contributed by atoms with Crippen LogP contribution in [0.5, 0.6) is 0 Å². The maximum Gasteiger partial charge on any atom is 0.223 e. The summed E-state index contributed by atoms with van der Waals surface area (Å²) in [5.74, 6) is -0.265. The highest BCUT2D eigenvalue weighted by Gasteiger charge is 2.50. The average Bonchev–Trinajstić information content (AvgIpc) is 2.89. The minimum atomic E-state index is -0.440. The Kier molecular flexibility index (Phi) is 3.13. The number of carbonyl (C=O) groups is 1. The van der Waals surface area contributed by atoms with Crippen LogP contribution in [0.2, 0.25) is 5.02 Å². The predicted octanol–water partition coefficient (Wildman–Crippen LogP) is 3.14. The lowest BCUT2D eigenvalue weighted by Gasteiger charge is -2.07. The van der Waals surface area contributed by atoms with Crippen LogP contribution in [0.4, 0.5) is 4.39 Å². The Morgan fingerprint density at radius 2 is 2.24 bits per heavy atom. The Bertz CT molecular complexity index is 459. The maximum absolute atomic E-state index is 12.9. The van der Waals surface area contributed by atoms with Gasteiger partial charge in [0.25, 0.3) is 0 Å². The highest BCUT2D eigenvalue weighted by Crippen LogP contribution is 2.51. The number of benzene rings is 1. The minimum Gasteiger partial charge on any atom is -0.352 e. The van der Waals surface area contributed by atoms with Crippen LogP contribution >= 0.6 is 11.6 Å². The van der Waals surface area contributed by atoms with E-state index in [4.69, 9.17) is 11.6 Å². The van der Waals surface area contributed by atoms with Gasteiger partial charge in [0.2, 0.25) is 5.91 Å². The third-order valence-electron chi connectivity index (χ3n) is 3.28. The first-order valence-corrected chi connectivity index (χ1v) is 5.99. The maximum atomic E-state index is 12.9. The summed E-state index contributed by atoms with van der Waals surface area (Å²) < 4.78 is 12.9. The van der Waals surface area contributed by atoms with E-state index in [9.17, 15) is 9.18 Å². The van der Waals surface area contributed by atoms with E-state index in [0.29, 0.717) is 6.54 Å². The number of halogens is 2. The van der Waals surface area contributed by atoms with E-state index in [0.717, 1.165) is 12.0 Å². The van der Waals surface area contributed by atoms with Gasteiger partial charge in [0, 0.05) is 12.5 Å². The molecule has 1 N–H and O–H groups in total. The first kappa shape index (κ1) is 12.4. The molecule has 0 radical (unpaired) electrons.